The number of aryl methyl sites for hydroxylation is 1. The van der Waals surface area contributed by atoms with E-state index in [9.17, 15) is 9.59 Å². The van der Waals surface area contributed by atoms with Crippen molar-refractivity contribution in [2.24, 2.45) is 0 Å². The van der Waals surface area contributed by atoms with Gasteiger partial charge in [0.2, 0.25) is 5.91 Å². The predicted octanol–water partition coefficient (Wildman–Crippen LogP) is 1.43. The van der Waals surface area contributed by atoms with E-state index < -0.39 is 0 Å². The summed E-state index contributed by atoms with van der Waals surface area (Å²) in [6, 6.07) is 1.77. The fraction of sp³-hybridized carbons (Fsp3) is 0.500. The maximum Gasteiger partial charge on any atom is 0.270 e. The van der Waals surface area contributed by atoms with Gasteiger partial charge < -0.3 is 14.4 Å². The maximum atomic E-state index is 12.2. The van der Waals surface area contributed by atoms with Crippen molar-refractivity contribution in [3.63, 3.8) is 0 Å². The molecule has 0 aliphatic carbocycles. The van der Waals surface area contributed by atoms with Gasteiger partial charge in [0.05, 0.1) is 6.54 Å². The lowest BCUT2D eigenvalue weighted by Gasteiger charge is -2.19. The highest BCUT2D eigenvalue weighted by atomic mass is 79.9. The Hall–Kier alpha value is -1.30. The van der Waals surface area contributed by atoms with Crippen LogP contribution < -0.4 is 0 Å². The fourth-order valence-corrected chi connectivity index (χ4v) is 1.99. The molecular weight excluding hydrogens is 298 g/mol. The highest BCUT2D eigenvalue weighted by Crippen LogP contribution is 2.16. The van der Waals surface area contributed by atoms with Crippen LogP contribution in [0.1, 0.15) is 17.4 Å². The SMILES string of the molecule is CCn1cc(Br)cc1C(=O)N(C)CC(=O)N(C)C. The molecule has 0 atom stereocenters. The highest BCUT2D eigenvalue weighted by Gasteiger charge is 2.19. The number of nitrogens with zero attached hydrogens (tertiary/aromatic N) is 3. The second-order valence-corrected chi connectivity index (χ2v) is 5.19. The highest BCUT2D eigenvalue weighted by molar-refractivity contribution is 9.10. The molecule has 0 radical (unpaired) electrons. The molecule has 0 aliphatic rings. The molecule has 0 aromatic carbocycles. The number of amides is 2. The normalized spacial score (nSPS) is 10.3. The summed E-state index contributed by atoms with van der Waals surface area (Å²) in [5.74, 6) is -0.253. The average Bonchev–Trinajstić information content (AvgIpc) is 2.69. The Kier molecular flexibility index (Phi) is 4.95. The summed E-state index contributed by atoms with van der Waals surface area (Å²) in [6.45, 7) is 2.76. The minimum absolute atomic E-state index is 0.0817. The molecule has 0 fully saturated rings. The third-order valence-electron chi connectivity index (χ3n) is 2.64. The van der Waals surface area contributed by atoms with Crippen molar-refractivity contribution in [3.8, 4) is 0 Å². The Morgan fingerprint density at radius 2 is 1.94 bits per heavy atom. The minimum Gasteiger partial charge on any atom is -0.347 e. The quantitative estimate of drug-likeness (QED) is 0.844. The molecule has 0 saturated carbocycles. The summed E-state index contributed by atoms with van der Waals surface area (Å²) >= 11 is 3.35. The Morgan fingerprint density at radius 1 is 1.33 bits per heavy atom. The zero-order valence-corrected chi connectivity index (χ0v) is 12.7. The zero-order chi connectivity index (χ0) is 13.9. The van der Waals surface area contributed by atoms with Crippen molar-refractivity contribution >= 4 is 27.7 Å². The summed E-state index contributed by atoms with van der Waals surface area (Å²) in [5, 5.41) is 0. The van der Waals surface area contributed by atoms with E-state index in [2.05, 4.69) is 15.9 Å². The first kappa shape index (κ1) is 14.8. The standard InChI is InChI=1S/C12H18BrN3O2/c1-5-16-7-9(13)6-10(16)12(18)15(4)8-11(17)14(2)3/h6-7H,5,8H2,1-4H3. The Bertz CT molecular complexity index is 454. The molecular formula is C12H18BrN3O2. The Morgan fingerprint density at radius 3 is 2.44 bits per heavy atom. The van der Waals surface area contributed by atoms with Crippen LogP contribution in [0, 0.1) is 0 Å². The topological polar surface area (TPSA) is 45.6 Å². The number of aromatic nitrogens is 1. The monoisotopic (exact) mass is 315 g/mol. The molecule has 1 aromatic rings. The van der Waals surface area contributed by atoms with Crippen molar-refractivity contribution in [1.82, 2.24) is 14.4 Å². The third-order valence-corrected chi connectivity index (χ3v) is 3.07. The van der Waals surface area contributed by atoms with Crippen LogP contribution in [0.25, 0.3) is 0 Å². The van der Waals surface area contributed by atoms with Crippen LogP contribution in [0.15, 0.2) is 16.7 Å². The van der Waals surface area contributed by atoms with Gasteiger partial charge in [-0.1, -0.05) is 0 Å². The predicted molar refractivity (Wildman–Crippen MR) is 73.5 cm³/mol. The van der Waals surface area contributed by atoms with Crippen LogP contribution in [-0.4, -0.2) is 53.9 Å². The molecule has 1 rings (SSSR count). The summed E-state index contributed by atoms with van der Waals surface area (Å²) in [5.41, 5.74) is 0.582. The molecule has 2 amide bonds. The Balaban J connectivity index is 2.83. The van der Waals surface area contributed by atoms with E-state index in [-0.39, 0.29) is 18.4 Å². The molecule has 1 aromatic heterocycles. The van der Waals surface area contributed by atoms with Crippen molar-refractivity contribution in [2.45, 2.75) is 13.5 Å². The van der Waals surface area contributed by atoms with Crippen LogP contribution in [0.2, 0.25) is 0 Å². The Labute approximate surface area is 115 Å². The van der Waals surface area contributed by atoms with Crippen molar-refractivity contribution in [3.05, 3.63) is 22.4 Å². The first-order valence-electron chi connectivity index (χ1n) is 5.68. The number of rotatable bonds is 4. The molecule has 0 N–H and O–H groups in total. The number of carbonyl (C=O) groups is 2. The molecule has 1 heterocycles. The smallest absolute Gasteiger partial charge is 0.270 e. The lowest BCUT2D eigenvalue weighted by Crippen LogP contribution is -2.38. The van der Waals surface area contributed by atoms with E-state index in [1.807, 2.05) is 17.7 Å². The molecule has 0 bridgehead atoms. The van der Waals surface area contributed by atoms with Crippen LogP contribution in [0.3, 0.4) is 0 Å². The maximum absolute atomic E-state index is 12.2. The van der Waals surface area contributed by atoms with E-state index in [4.69, 9.17) is 0 Å². The van der Waals surface area contributed by atoms with Gasteiger partial charge in [-0.25, -0.2) is 0 Å². The summed E-state index contributed by atoms with van der Waals surface area (Å²) < 4.78 is 2.71. The van der Waals surface area contributed by atoms with Gasteiger partial charge in [0.25, 0.3) is 5.91 Å². The molecule has 0 unspecified atom stereocenters. The van der Waals surface area contributed by atoms with E-state index in [1.54, 1.807) is 27.2 Å². The number of halogens is 1. The van der Waals surface area contributed by atoms with Crippen molar-refractivity contribution in [2.75, 3.05) is 27.7 Å². The van der Waals surface area contributed by atoms with Gasteiger partial charge in [-0.15, -0.1) is 0 Å². The van der Waals surface area contributed by atoms with E-state index in [0.29, 0.717) is 12.2 Å². The molecule has 0 spiro atoms. The van der Waals surface area contributed by atoms with Gasteiger partial charge in [-0.2, -0.15) is 0 Å². The third kappa shape index (κ3) is 3.35. The van der Waals surface area contributed by atoms with Crippen LogP contribution in [0.5, 0.6) is 0 Å². The molecule has 0 saturated heterocycles. The lowest BCUT2D eigenvalue weighted by atomic mass is 10.3. The molecule has 18 heavy (non-hydrogen) atoms. The lowest BCUT2D eigenvalue weighted by molar-refractivity contribution is -0.129. The number of carbonyl (C=O) groups excluding carboxylic acids is 2. The van der Waals surface area contributed by atoms with E-state index >= 15 is 0 Å². The number of likely N-dealkylation sites (N-methyl/N-ethyl adjacent to an activating group) is 2. The number of hydrogen-bond acceptors (Lipinski definition) is 2. The first-order valence-corrected chi connectivity index (χ1v) is 6.47. The van der Waals surface area contributed by atoms with Crippen molar-refractivity contribution < 1.29 is 9.59 Å². The molecule has 100 valence electrons. The molecule has 6 heteroatoms. The fourth-order valence-electron chi connectivity index (χ4n) is 1.53. The summed E-state index contributed by atoms with van der Waals surface area (Å²) in [7, 11) is 4.97. The van der Waals surface area contributed by atoms with Gasteiger partial charge in [0.15, 0.2) is 0 Å². The van der Waals surface area contributed by atoms with Crippen LogP contribution >= 0.6 is 15.9 Å². The van der Waals surface area contributed by atoms with Crippen LogP contribution in [-0.2, 0) is 11.3 Å². The van der Waals surface area contributed by atoms with Gasteiger partial charge in [-0.3, -0.25) is 9.59 Å². The summed E-state index contributed by atoms with van der Waals surface area (Å²) in [4.78, 5) is 26.7. The first-order chi connectivity index (χ1) is 8.36. The summed E-state index contributed by atoms with van der Waals surface area (Å²) in [6.07, 6.45) is 1.86. The van der Waals surface area contributed by atoms with Gasteiger partial charge in [0.1, 0.15) is 5.69 Å². The second-order valence-electron chi connectivity index (χ2n) is 4.28. The van der Waals surface area contributed by atoms with Gasteiger partial charge in [0, 0.05) is 38.4 Å². The zero-order valence-electron chi connectivity index (χ0n) is 11.1. The minimum atomic E-state index is -0.155. The average molecular weight is 316 g/mol. The van der Waals surface area contributed by atoms with Crippen molar-refractivity contribution in [1.29, 1.82) is 0 Å². The molecule has 5 nitrogen and oxygen atoms in total. The van der Waals surface area contributed by atoms with Gasteiger partial charge >= 0.3 is 0 Å². The van der Waals surface area contributed by atoms with Crippen LogP contribution in [0.4, 0.5) is 0 Å². The van der Waals surface area contributed by atoms with Gasteiger partial charge in [-0.05, 0) is 28.9 Å². The second kappa shape index (κ2) is 6.04. The largest absolute Gasteiger partial charge is 0.347 e. The molecule has 0 aliphatic heterocycles. The van der Waals surface area contributed by atoms with E-state index in [0.717, 1.165) is 4.47 Å². The number of hydrogen-bond donors (Lipinski definition) is 0. The van der Waals surface area contributed by atoms with E-state index in [1.165, 1.54) is 9.80 Å².